The van der Waals surface area contributed by atoms with Gasteiger partial charge in [-0.15, -0.1) is 0 Å². The summed E-state index contributed by atoms with van der Waals surface area (Å²) in [5.74, 6) is 1.30. The monoisotopic (exact) mass is 335 g/mol. The van der Waals surface area contributed by atoms with Crippen molar-refractivity contribution in [3.63, 3.8) is 0 Å². The summed E-state index contributed by atoms with van der Waals surface area (Å²) in [6.45, 7) is 4.91. The van der Waals surface area contributed by atoms with E-state index in [-0.39, 0.29) is 18.6 Å². The van der Waals surface area contributed by atoms with E-state index in [1.54, 1.807) is 19.1 Å². The topological polar surface area (TPSA) is 77.7 Å². The molecular weight excluding hydrogens is 306 g/mol. The molecule has 1 saturated heterocycles. The van der Waals surface area contributed by atoms with Crippen molar-refractivity contribution < 1.29 is 14.3 Å². The molecule has 3 rings (SSSR count). The molecule has 134 valence electrons. The summed E-state index contributed by atoms with van der Waals surface area (Å²) in [6.07, 6.45) is 7.97. The number of rotatable bonds is 6. The highest BCUT2D eigenvalue weighted by Gasteiger charge is 2.29. The number of carbonyl (C=O) groups is 1. The Bertz CT molecular complexity index is 524. The van der Waals surface area contributed by atoms with Gasteiger partial charge in [-0.25, -0.2) is 4.79 Å². The SMILES string of the molecule is C[C@](O)(CNC(=O)N[C@H]1CCN(CC2CCCC2)C1)c1ccco1. The Hall–Kier alpha value is -1.53. The normalized spacial score (nSPS) is 24.8. The van der Waals surface area contributed by atoms with E-state index in [0.29, 0.717) is 5.76 Å². The molecule has 1 saturated carbocycles. The van der Waals surface area contributed by atoms with Crippen molar-refractivity contribution in [3.05, 3.63) is 24.2 Å². The number of likely N-dealkylation sites (tertiary alicyclic amines) is 1. The highest BCUT2D eigenvalue weighted by molar-refractivity contribution is 5.74. The van der Waals surface area contributed by atoms with E-state index in [2.05, 4.69) is 15.5 Å². The van der Waals surface area contributed by atoms with Crippen LogP contribution in [0.1, 0.15) is 44.8 Å². The van der Waals surface area contributed by atoms with Gasteiger partial charge in [0.15, 0.2) is 0 Å². The predicted molar refractivity (Wildman–Crippen MR) is 91.6 cm³/mol. The number of carbonyl (C=O) groups excluding carboxylic acids is 1. The zero-order valence-corrected chi connectivity index (χ0v) is 14.5. The van der Waals surface area contributed by atoms with Crippen molar-refractivity contribution in [1.82, 2.24) is 15.5 Å². The van der Waals surface area contributed by atoms with Crippen LogP contribution >= 0.6 is 0 Å². The third-order valence-corrected chi connectivity index (χ3v) is 5.24. The number of furan rings is 1. The molecule has 2 atom stereocenters. The molecule has 0 spiro atoms. The smallest absolute Gasteiger partial charge is 0.315 e. The zero-order chi connectivity index (χ0) is 17.0. The summed E-state index contributed by atoms with van der Waals surface area (Å²) in [6, 6.07) is 3.40. The largest absolute Gasteiger partial charge is 0.466 e. The molecule has 2 fully saturated rings. The maximum Gasteiger partial charge on any atom is 0.315 e. The number of aliphatic hydroxyl groups is 1. The van der Waals surface area contributed by atoms with E-state index in [1.165, 1.54) is 38.5 Å². The molecule has 1 aromatic rings. The van der Waals surface area contributed by atoms with Gasteiger partial charge in [0, 0.05) is 25.7 Å². The molecule has 6 nitrogen and oxygen atoms in total. The molecule has 0 unspecified atom stereocenters. The number of amides is 2. The van der Waals surface area contributed by atoms with Crippen molar-refractivity contribution in [2.24, 2.45) is 5.92 Å². The van der Waals surface area contributed by atoms with Gasteiger partial charge in [-0.1, -0.05) is 12.8 Å². The average Bonchev–Trinajstić information content (AvgIpc) is 3.28. The standard InChI is InChI=1S/C18H29N3O3/c1-18(23,16-7-4-10-24-16)13-19-17(22)20-15-8-9-21(12-15)11-14-5-2-3-6-14/h4,7,10,14-15,23H,2-3,5-6,8-9,11-13H2,1H3,(H2,19,20,22)/t15-,18-/m0/s1. The fourth-order valence-electron chi connectivity index (χ4n) is 3.84. The molecule has 1 aliphatic heterocycles. The molecule has 0 aromatic carbocycles. The van der Waals surface area contributed by atoms with Gasteiger partial charge in [0.2, 0.25) is 0 Å². The molecule has 3 N–H and O–H groups in total. The molecule has 2 aliphatic rings. The number of urea groups is 1. The van der Waals surface area contributed by atoms with Gasteiger partial charge in [0.25, 0.3) is 0 Å². The lowest BCUT2D eigenvalue weighted by Crippen LogP contribution is -2.47. The second kappa shape index (κ2) is 7.57. The van der Waals surface area contributed by atoms with Gasteiger partial charge in [-0.05, 0) is 44.2 Å². The number of nitrogens with one attached hydrogen (secondary N) is 2. The van der Waals surface area contributed by atoms with E-state index in [0.717, 1.165) is 25.4 Å². The quantitative estimate of drug-likeness (QED) is 0.743. The Morgan fingerprint density at radius 1 is 1.42 bits per heavy atom. The van der Waals surface area contributed by atoms with Crippen molar-refractivity contribution in [1.29, 1.82) is 0 Å². The Labute approximate surface area is 143 Å². The maximum atomic E-state index is 12.1. The molecule has 0 bridgehead atoms. The van der Waals surface area contributed by atoms with Gasteiger partial charge in [-0.2, -0.15) is 0 Å². The third kappa shape index (κ3) is 4.51. The molecule has 2 heterocycles. The van der Waals surface area contributed by atoms with Crippen molar-refractivity contribution in [3.8, 4) is 0 Å². The minimum absolute atomic E-state index is 0.116. The first-order valence-electron chi connectivity index (χ1n) is 9.06. The van der Waals surface area contributed by atoms with E-state index in [9.17, 15) is 9.90 Å². The van der Waals surface area contributed by atoms with Crippen LogP contribution < -0.4 is 10.6 Å². The van der Waals surface area contributed by atoms with E-state index in [1.807, 2.05) is 0 Å². The molecule has 0 radical (unpaired) electrons. The molecule has 1 aromatic heterocycles. The second-order valence-electron chi connectivity index (χ2n) is 7.47. The van der Waals surface area contributed by atoms with Crippen LogP contribution in [0.15, 0.2) is 22.8 Å². The van der Waals surface area contributed by atoms with Crippen molar-refractivity contribution in [2.75, 3.05) is 26.2 Å². The van der Waals surface area contributed by atoms with Crippen LogP contribution in [0.3, 0.4) is 0 Å². The van der Waals surface area contributed by atoms with Gasteiger partial charge < -0.3 is 25.1 Å². The molecule has 6 heteroatoms. The lowest BCUT2D eigenvalue weighted by molar-refractivity contribution is 0.0366. The highest BCUT2D eigenvalue weighted by atomic mass is 16.4. The van der Waals surface area contributed by atoms with Crippen LogP contribution in [-0.4, -0.2) is 48.3 Å². The van der Waals surface area contributed by atoms with Crippen LogP contribution in [0.2, 0.25) is 0 Å². The Morgan fingerprint density at radius 3 is 2.92 bits per heavy atom. The van der Waals surface area contributed by atoms with Crippen LogP contribution in [0.25, 0.3) is 0 Å². The number of hydrogen-bond donors (Lipinski definition) is 3. The first-order valence-corrected chi connectivity index (χ1v) is 9.06. The maximum absolute atomic E-state index is 12.1. The summed E-state index contributed by atoms with van der Waals surface area (Å²) < 4.78 is 5.21. The molecule has 2 amide bonds. The van der Waals surface area contributed by atoms with Crippen LogP contribution in [0.5, 0.6) is 0 Å². The van der Waals surface area contributed by atoms with Crippen LogP contribution in [0.4, 0.5) is 4.79 Å². The summed E-state index contributed by atoms with van der Waals surface area (Å²) in [5, 5.41) is 16.1. The molecule has 24 heavy (non-hydrogen) atoms. The van der Waals surface area contributed by atoms with Gasteiger partial charge in [0.1, 0.15) is 11.4 Å². The van der Waals surface area contributed by atoms with Gasteiger partial charge in [-0.3, -0.25) is 0 Å². The summed E-state index contributed by atoms with van der Waals surface area (Å²) in [5.41, 5.74) is -1.20. The fraction of sp³-hybridized carbons (Fsp3) is 0.722. The van der Waals surface area contributed by atoms with Crippen molar-refractivity contribution >= 4 is 6.03 Å². The minimum Gasteiger partial charge on any atom is -0.466 e. The minimum atomic E-state index is -1.20. The van der Waals surface area contributed by atoms with Crippen LogP contribution in [0, 0.1) is 5.92 Å². The van der Waals surface area contributed by atoms with Crippen LogP contribution in [-0.2, 0) is 5.60 Å². The van der Waals surface area contributed by atoms with Gasteiger partial charge >= 0.3 is 6.03 Å². The highest BCUT2D eigenvalue weighted by Crippen LogP contribution is 2.26. The molecule has 1 aliphatic carbocycles. The van der Waals surface area contributed by atoms with Gasteiger partial charge in [0.05, 0.1) is 12.8 Å². The van der Waals surface area contributed by atoms with E-state index >= 15 is 0 Å². The second-order valence-corrected chi connectivity index (χ2v) is 7.47. The number of nitrogens with zero attached hydrogens (tertiary/aromatic N) is 1. The van der Waals surface area contributed by atoms with Crippen molar-refractivity contribution in [2.45, 2.75) is 50.7 Å². The van der Waals surface area contributed by atoms with E-state index < -0.39 is 5.60 Å². The Balaban J connectivity index is 1.38. The first-order chi connectivity index (χ1) is 11.5. The molecular formula is C18H29N3O3. The lowest BCUT2D eigenvalue weighted by Gasteiger charge is -2.23. The summed E-state index contributed by atoms with van der Waals surface area (Å²) in [4.78, 5) is 14.6. The Kier molecular flexibility index (Phi) is 5.46. The fourth-order valence-corrected chi connectivity index (χ4v) is 3.84. The lowest BCUT2D eigenvalue weighted by atomic mass is 10.0. The Morgan fingerprint density at radius 2 is 2.21 bits per heavy atom. The number of hydrogen-bond acceptors (Lipinski definition) is 4. The first kappa shape index (κ1) is 17.3. The zero-order valence-electron chi connectivity index (χ0n) is 14.5. The summed E-state index contributed by atoms with van der Waals surface area (Å²) >= 11 is 0. The summed E-state index contributed by atoms with van der Waals surface area (Å²) in [7, 11) is 0. The van der Waals surface area contributed by atoms with E-state index in [4.69, 9.17) is 4.42 Å². The predicted octanol–water partition coefficient (Wildman–Crippen LogP) is 2.05. The third-order valence-electron chi connectivity index (χ3n) is 5.24. The average molecular weight is 335 g/mol.